The van der Waals surface area contributed by atoms with Crippen molar-refractivity contribution in [2.24, 2.45) is 11.8 Å². The van der Waals surface area contributed by atoms with Gasteiger partial charge in [0.25, 0.3) is 0 Å². The van der Waals surface area contributed by atoms with E-state index in [0.717, 1.165) is 47.8 Å². The highest BCUT2D eigenvalue weighted by atomic mass is 35.5. The van der Waals surface area contributed by atoms with Crippen molar-refractivity contribution in [1.29, 1.82) is 0 Å². The fourth-order valence-corrected chi connectivity index (χ4v) is 4.60. The van der Waals surface area contributed by atoms with E-state index >= 15 is 0 Å². The first-order valence-corrected chi connectivity index (χ1v) is 10.5. The van der Waals surface area contributed by atoms with Gasteiger partial charge in [-0.2, -0.15) is 0 Å². The third-order valence-electron chi connectivity index (χ3n) is 6.19. The first kappa shape index (κ1) is 19.8. The number of nitrogens with one attached hydrogen (secondary N) is 1. The molecule has 0 unspecified atom stereocenters. The van der Waals surface area contributed by atoms with Crippen LogP contribution >= 0.6 is 11.6 Å². The molecule has 1 aliphatic carbocycles. The van der Waals surface area contributed by atoms with Gasteiger partial charge >= 0.3 is 0 Å². The average molecular weight is 411 g/mol. The second-order valence-corrected chi connectivity index (χ2v) is 8.36. The highest BCUT2D eigenvalue weighted by Crippen LogP contribution is 2.41. The zero-order valence-electron chi connectivity index (χ0n) is 16.4. The van der Waals surface area contributed by atoms with Gasteiger partial charge in [0, 0.05) is 33.8 Å². The molecular formula is C24H24ClFN2O. The van der Waals surface area contributed by atoms with E-state index in [2.05, 4.69) is 10.3 Å². The molecule has 29 heavy (non-hydrogen) atoms. The minimum atomic E-state index is -0.150. The molecule has 0 radical (unpaired) electrons. The second-order valence-electron chi connectivity index (χ2n) is 7.93. The Morgan fingerprint density at radius 3 is 2.55 bits per heavy atom. The van der Waals surface area contributed by atoms with Crippen LogP contribution < -0.4 is 5.32 Å². The minimum absolute atomic E-state index is 0.0244. The van der Waals surface area contributed by atoms with Gasteiger partial charge in [-0.3, -0.25) is 9.78 Å². The van der Waals surface area contributed by atoms with Crippen LogP contribution in [0.4, 0.5) is 10.1 Å². The number of rotatable bonds is 4. The predicted molar refractivity (Wildman–Crippen MR) is 116 cm³/mol. The van der Waals surface area contributed by atoms with E-state index in [1.165, 1.54) is 6.07 Å². The number of nitrogens with zero attached hydrogens (tertiary/aromatic N) is 1. The number of anilines is 1. The standard InChI is InChI=1S/C24H24ClFN2O/c1-15(24(29)28-19-10-8-18(25)9-11-19)16-4-6-17(7-5-16)23-20-3-2-14-27-22(20)13-12-21(23)26/h2-3,8-17H,4-7H2,1H3,(H,28,29)/t15-,16-,17+/m1/s1. The second kappa shape index (κ2) is 8.50. The van der Waals surface area contributed by atoms with Crippen molar-refractivity contribution >= 4 is 34.1 Å². The number of fused-ring (bicyclic) bond motifs is 1. The van der Waals surface area contributed by atoms with Crippen molar-refractivity contribution in [2.75, 3.05) is 5.32 Å². The van der Waals surface area contributed by atoms with E-state index in [1.807, 2.05) is 19.1 Å². The Balaban J connectivity index is 1.42. The summed E-state index contributed by atoms with van der Waals surface area (Å²) in [4.78, 5) is 17.0. The number of hydrogen-bond donors (Lipinski definition) is 1. The van der Waals surface area contributed by atoms with E-state index in [1.54, 1.807) is 36.5 Å². The average Bonchev–Trinajstić information content (AvgIpc) is 2.75. The molecule has 0 spiro atoms. The first-order valence-electron chi connectivity index (χ1n) is 10.1. The van der Waals surface area contributed by atoms with Crippen LogP contribution in [0, 0.1) is 17.7 Å². The predicted octanol–water partition coefficient (Wildman–Crippen LogP) is 6.58. The summed E-state index contributed by atoms with van der Waals surface area (Å²) in [5.41, 5.74) is 2.37. The van der Waals surface area contributed by atoms with Gasteiger partial charge in [0.2, 0.25) is 5.91 Å². The van der Waals surface area contributed by atoms with Crippen molar-refractivity contribution < 1.29 is 9.18 Å². The third-order valence-corrected chi connectivity index (χ3v) is 6.44. The summed E-state index contributed by atoms with van der Waals surface area (Å²) in [7, 11) is 0. The van der Waals surface area contributed by atoms with Crippen molar-refractivity contribution in [2.45, 2.75) is 38.5 Å². The number of benzene rings is 2. The van der Waals surface area contributed by atoms with Crippen LogP contribution in [0.1, 0.15) is 44.1 Å². The normalized spacial score (nSPS) is 20.4. The Morgan fingerprint density at radius 2 is 1.83 bits per heavy atom. The quantitative estimate of drug-likeness (QED) is 0.528. The van der Waals surface area contributed by atoms with Crippen LogP contribution in [-0.4, -0.2) is 10.9 Å². The SMILES string of the molecule is C[C@@H](C(=O)Nc1ccc(Cl)cc1)[C@H]1CC[C@@H](c2c(F)ccc3ncccc32)CC1. The van der Waals surface area contributed by atoms with Crippen LogP contribution in [0.2, 0.25) is 5.02 Å². The molecule has 0 bridgehead atoms. The summed E-state index contributed by atoms with van der Waals surface area (Å²) in [5, 5.41) is 4.53. The summed E-state index contributed by atoms with van der Waals surface area (Å²) in [5.74, 6) is 0.254. The Morgan fingerprint density at radius 1 is 1.10 bits per heavy atom. The molecule has 0 aliphatic heterocycles. The number of carbonyl (C=O) groups excluding carboxylic acids is 1. The molecule has 3 nitrogen and oxygen atoms in total. The van der Waals surface area contributed by atoms with Gasteiger partial charge in [-0.25, -0.2) is 4.39 Å². The summed E-state index contributed by atoms with van der Waals surface area (Å²) in [6.07, 6.45) is 5.33. The van der Waals surface area contributed by atoms with Crippen LogP contribution in [0.3, 0.4) is 0 Å². The summed E-state index contributed by atoms with van der Waals surface area (Å²) in [6.45, 7) is 1.98. The summed E-state index contributed by atoms with van der Waals surface area (Å²) in [6, 6.07) is 14.2. The highest BCUT2D eigenvalue weighted by Gasteiger charge is 2.31. The van der Waals surface area contributed by atoms with Gasteiger partial charge in [-0.1, -0.05) is 24.6 Å². The van der Waals surface area contributed by atoms with Crippen molar-refractivity contribution in [3.8, 4) is 0 Å². The maximum absolute atomic E-state index is 14.7. The van der Waals surface area contributed by atoms with E-state index in [-0.39, 0.29) is 23.6 Å². The van der Waals surface area contributed by atoms with Gasteiger partial charge in [0.1, 0.15) is 5.82 Å². The highest BCUT2D eigenvalue weighted by molar-refractivity contribution is 6.30. The molecule has 1 saturated carbocycles. The lowest BCUT2D eigenvalue weighted by atomic mass is 9.73. The molecule has 1 amide bonds. The Labute approximate surface area is 175 Å². The largest absolute Gasteiger partial charge is 0.326 e. The fourth-order valence-electron chi connectivity index (χ4n) is 4.47. The number of carbonyl (C=O) groups is 1. The van der Waals surface area contributed by atoms with Gasteiger partial charge in [-0.15, -0.1) is 0 Å². The van der Waals surface area contributed by atoms with Crippen LogP contribution in [0.15, 0.2) is 54.7 Å². The number of hydrogen-bond acceptors (Lipinski definition) is 2. The lowest BCUT2D eigenvalue weighted by Crippen LogP contribution is -2.29. The van der Waals surface area contributed by atoms with E-state index in [4.69, 9.17) is 11.6 Å². The molecule has 2 aromatic carbocycles. The number of halogens is 2. The molecule has 150 valence electrons. The molecule has 1 heterocycles. The summed E-state index contributed by atoms with van der Waals surface area (Å²) < 4.78 is 14.7. The van der Waals surface area contributed by atoms with Gasteiger partial charge in [0.15, 0.2) is 0 Å². The molecule has 1 aliphatic rings. The maximum atomic E-state index is 14.7. The molecule has 4 rings (SSSR count). The van der Waals surface area contributed by atoms with Gasteiger partial charge in [-0.05, 0) is 80.0 Å². The van der Waals surface area contributed by atoms with E-state index < -0.39 is 0 Å². The molecule has 1 N–H and O–H groups in total. The molecule has 1 atom stereocenters. The zero-order chi connectivity index (χ0) is 20.4. The summed E-state index contributed by atoms with van der Waals surface area (Å²) >= 11 is 5.90. The van der Waals surface area contributed by atoms with Crippen LogP contribution in [-0.2, 0) is 4.79 Å². The monoisotopic (exact) mass is 410 g/mol. The molecule has 3 aromatic rings. The van der Waals surface area contributed by atoms with E-state index in [9.17, 15) is 9.18 Å². The lowest BCUT2D eigenvalue weighted by Gasteiger charge is -2.32. The topological polar surface area (TPSA) is 42.0 Å². The van der Waals surface area contributed by atoms with E-state index in [0.29, 0.717) is 10.9 Å². The molecule has 1 aromatic heterocycles. The minimum Gasteiger partial charge on any atom is -0.326 e. The Hall–Kier alpha value is -2.46. The zero-order valence-corrected chi connectivity index (χ0v) is 17.1. The number of pyridine rings is 1. The van der Waals surface area contributed by atoms with Gasteiger partial charge < -0.3 is 5.32 Å². The molecular weight excluding hydrogens is 387 g/mol. The fraction of sp³-hybridized carbons (Fsp3) is 0.333. The smallest absolute Gasteiger partial charge is 0.227 e. The Kier molecular flexibility index (Phi) is 5.81. The van der Waals surface area contributed by atoms with Crippen LogP contribution in [0.25, 0.3) is 10.9 Å². The number of amides is 1. The molecule has 1 fully saturated rings. The Bertz CT molecular complexity index is 1010. The lowest BCUT2D eigenvalue weighted by molar-refractivity contribution is -0.121. The van der Waals surface area contributed by atoms with Crippen LogP contribution in [0.5, 0.6) is 0 Å². The molecule has 0 saturated heterocycles. The number of aromatic nitrogens is 1. The van der Waals surface area contributed by atoms with Crippen molar-refractivity contribution in [1.82, 2.24) is 4.98 Å². The maximum Gasteiger partial charge on any atom is 0.227 e. The van der Waals surface area contributed by atoms with Crippen molar-refractivity contribution in [3.05, 3.63) is 71.1 Å². The van der Waals surface area contributed by atoms with Gasteiger partial charge in [0.05, 0.1) is 5.52 Å². The molecule has 5 heteroatoms. The first-order chi connectivity index (χ1) is 14.0. The third kappa shape index (κ3) is 4.27. The van der Waals surface area contributed by atoms with Crippen molar-refractivity contribution in [3.63, 3.8) is 0 Å².